The van der Waals surface area contributed by atoms with Gasteiger partial charge in [-0.1, -0.05) is 11.8 Å². The van der Waals surface area contributed by atoms with E-state index in [1.165, 1.54) is 30.2 Å². The van der Waals surface area contributed by atoms with Gasteiger partial charge in [-0.05, 0) is 67.0 Å². The summed E-state index contributed by atoms with van der Waals surface area (Å²) in [7, 11) is 1.62. The minimum Gasteiger partial charge on any atom is -0.497 e. The van der Waals surface area contributed by atoms with E-state index in [0.717, 1.165) is 15.7 Å². The van der Waals surface area contributed by atoms with Gasteiger partial charge in [-0.3, -0.25) is 9.59 Å². The molecule has 27 heavy (non-hydrogen) atoms. The molecule has 3 rings (SSSR count). The van der Waals surface area contributed by atoms with Crippen LogP contribution in [0.2, 0.25) is 0 Å². The van der Waals surface area contributed by atoms with Gasteiger partial charge in [0.05, 0.1) is 12.9 Å². The Labute approximate surface area is 165 Å². The third-order valence-electron chi connectivity index (χ3n) is 3.66. The summed E-state index contributed by atoms with van der Waals surface area (Å²) in [4.78, 5) is 27.8. The number of anilines is 1. The number of benzene rings is 2. The van der Waals surface area contributed by atoms with Gasteiger partial charge in [0.2, 0.25) is 5.91 Å². The zero-order valence-corrected chi connectivity index (χ0v) is 16.4. The first-order valence-electron chi connectivity index (χ1n) is 8.07. The van der Waals surface area contributed by atoms with Crippen LogP contribution in [0, 0.1) is 0 Å². The predicted octanol–water partition coefficient (Wildman–Crippen LogP) is 4.15. The average molecular weight is 399 g/mol. The Balaban J connectivity index is 1.54. The third kappa shape index (κ3) is 5.15. The van der Waals surface area contributed by atoms with Crippen LogP contribution in [0.1, 0.15) is 17.3 Å². The molecule has 8 heteroatoms. The Kier molecular flexibility index (Phi) is 6.20. The number of Topliss-reactive ketones (excluding diaryl/α,β-unsaturated/α-hetero) is 1. The number of carbonyl (C=O) groups is 2. The van der Waals surface area contributed by atoms with Gasteiger partial charge < -0.3 is 10.1 Å². The van der Waals surface area contributed by atoms with Crippen molar-refractivity contribution in [1.82, 2.24) is 9.36 Å². The number of hydrogen-bond acceptors (Lipinski definition) is 7. The van der Waals surface area contributed by atoms with E-state index >= 15 is 0 Å². The number of hydrogen-bond donors (Lipinski definition) is 1. The lowest BCUT2D eigenvalue weighted by Gasteiger charge is -2.04. The summed E-state index contributed by atoms with van der Waals surface area (Å²) in [5.74, 6) is 1.48. The van der Waals surface area contributed by atoms with Crippen LogP contribution in [-0.4, -0.2) is 33.9 Å². The van der Waals surface area contributed by atoms with Crippen molar-refractivity contribution in [3.05, 3.63) is 54.1 Å². The van der Waals surface area contributed by atoms with Crippen molar-refractivity contribution >= 4 is 40.7 Å². The second-order valence-electron chi connectivity index (χ2n) is 5.58. The Morgan fingerprint density at radius 3 is 2.44 bits per heavy atom. The van der Waals surface area contributed by atoms with Gasteiger partial charge in [0.1, 0.15) is 5.75 Å². The van der Waals surface area contributed by atoms with Gasteiger partial charge in [0, 0.05) is 16.8 Å². The lowest BCUT2D eigenvalue weighted by Crippen LogP contribution is -2.14. The highest BCUT2D eigenvalue weighted by Crippen LogP contribution is 2.26. The lowest BCUT2D eigenvalue weighted by molar-refractivity contribution is -0.113. The molecular weight excluding hydrogens is 382 g/mol. The molecule has 0 aliphatic rings. The maximum Gasteiger partial charge on any atom is 0.234 e. The fourth-order valence-corrected chi connectivity index (χ4v) is 3.65. The SMILES string of the molecule is COc1ccc(-c2nsc(SCC(=O)Nc3ccc(C(C)=O)cc3)n2)cc1. The first-order valence-corrected chi connectivity index (χ1v) is 9.83. The van der Waals surface area contributed by atoms with Gasteiger partial charge >= 0.3 is 0 Å². The van der Waals surface area contributed by atoms with Gasteiger partial charge in [-0.15, -0.1) is 0 Å². The molecular formula is C19H17N3O3S2. The molecule has 0 saturated heterocycles. The monoisotopic (exact) mass is 399 g/mol. The Morgan fingerprint density at radius 2 is 1.81 bits per heavy atom. The van der Waals surface area contributed by atoms with Crippen molar-refractivity contribution < 1.29 is 14.3 Å². The maximum atomic E-state index is 12.1. The molecule has 0 spiro atoms. The van der Waals surface area contributed by atoms with Crippen molar-refractivity contribution in [2.24, 2.45) is 0 Å². The van der Waals surface area contributed by atoms with Crippen molar-refractivity contribution in [2.45, 2.75) is 11.3 Å². The summed E-state index contributed by atoms with van der Waals surface area (Å²) in [6.45, 7) is 1.51. The van der Waals surface area contributed by atoms with Crippen LogP contribution in [0.4, 0.5) is 5.69 Å². The molecule has 3 aromatic rings. The van der Waals surface area contributed by atoms with Crippen LogP contribution in [0.3, 0.4) is 0 Å². The third-order valence-corrected chi connectivity index (χ3v) is 5.49. The minimum atomic E-state index is -0.142. The van der Waals surface area contributed by atoms with E-state index in [9.17, 15) is 9.59 Å². The second kappa shape index (κ2) is 8.79. The minimum absolute atomic E-state index is 0.00707. The molecule has 0 radical (unpaired) electrons. The standard InChI is InChI=1S/C19H17N3O3S2/c1-12(23)13-3-7-15(8-4-13)20-17(24)11-26-19-21-18(22-27-19)14-5-9-16(25-2)10-6-14/h3-10H,11H2,1-2H3,(H,20,24). The summed E-state index contributed by atoms with van der Waals surface area (Å²) >= 11 is 2.59. The molecule has 0 atom stereocenters. The highest BCUT2D eigenvalue weighted by atomic mass is 32.2. The molecule has 0 bridgehead atoms. The Bertz CT molecular complexity index is 938. The molecule has 1 N–H and O–H groups in total. The fourth-order valence-electron chi connectivity index (χ4n) is 2.24. The highest BCUT2D eigenvalue weighted by molar-refractivity contribution is 8.01. The van der Waals surface area contributed by atoms with Gasteiger partial charge in [-0.25, -0.2) is 4.98 Å². The lowest BCUT2D eigenvalue weighted by atomic mass is 10.1. The molecule has 0 saturated carbocycles. The number of carbonyl (C=O) groups excluding carboxylic acids is 2. The topological polar surface area (TPSA) is 81.2 Å². The maximum absolute atomic E-state index is 12.1. The first-order chi connectivity index (χ1) is 13.0. The summed E-state index contributed by atoms with van der Waals surface area (Å²) in [6, 6.07) is 14.3. The Morgan fingerprint density at radius 1 is 1.11 bits per heavy atom. The van der Waals surface area contributed by atoms with E-state index in [0.29, 0.717) is 17.1 Å². The van der Waals surface area contributed by atoms with Crippen LogP contribution < -0.4 is 10.1 Å². The quantitative estimate of drug-likeness (QED) is 0.475. The molecule has 138 valence electrons. The van der Waals surface area contributed by atoms with Gasteiger partial charge in [-0.2, -0.15) is 4.37 Å². The number of ether oxygens (including phenoxy) is 1. The molecule has 0 aliphatic heterocycles. The van der Waals surface area contributed by atoms with E-state index < -0.39 is 0 Å². The van der Waals surface area contributed by atoms with Crippen LogP contribution in [-0.2, 0) is 4.79 Å². The molecule has 0 unspecified atom stereocenters. The number of thioether (sulfide) groups is 1. The molecule has 1 amide bonds. The van der Waals surface area contributed by atoms with E-state index in [4.69, 9.17) is 4.74 Å². The van der Waals surface area contributed by atoms with Crippen molar-refractivity contribution in [2.75, 3.05) is 18.2 Å². The van der Waals surface area contributed by atoms with Crippen molar-refractivity contribution in [1.29, 1.82) is 0 Å². The smallest absolute Gasteiger partial charge is 0.234 e. The zero-order chi connectivity index (χ0) is 19.2. The number of aromatic nitrogens is 2. The summed E-state index contributed by atoms with van der Waals surface area (Å²) in [6.07, 6.45) is 0. The number of methoxy groups -OCH3 is 1. The molecule has 6 nitrogen and oxygen atoms in total. The van der Waals surface area contributed by atoms with Crippen LogP contribution in [0.25, 0.3) is 11.4 Å². The highest BCUT2D eigenvalue weighted by Gasteiger charge is 2.10. The molecule has 1 heterocycles. The number of rotatable bonds is 7. The zero-order valence-electron chi connectivity index (χ0n) is 14.8. The summed E-state index contributed by atoms with van der Waals surface area (Å²) in [5, 5.41) is 2.80. The van der Waals surface area contributed by atoms with E-state index in [1.54, 1.807) is 31.4 Å². The van der Waals surface area contributed by atoms with E-state index in [1.807, 2.05) is 24.3 Å². The average Bonchev–Trinajstić information content (AvgIpc) is 3.16. The van der Waals surface area contributed by atoms with Crippen molar-refractivity contribution in [3.63, 3.8) is 0 Å². The molecule has 0 fully saturated rings. The van der Waals surface area contributed by atoms with E-state index in [-0.39, 0.29) is 17.4 Å². The fraction of sp³-hybridized carbons (Fsp3) is 0.158. The van der Waals surface area contributed by atoms with E-state index in [2.05, 4.69) is 14.7 Å². The Hall–Kier alpha value is -2.71. The van der Waals surface area contributed by atoms with Gasteiger partial charge in [0.15, 0.2) is 15.9 Å². The first kappa shape index (κ1) is 19.1. The molecule has 1 aromatic heterocycles. The summed E-state index contributed by atoms with van der Waals surface area (Å²) < 4.78 is 10.2. The predicted molar refractivity (Wildman–Crippen MR) is 108 cm³/mol. The number of amides is 1. The van der Waals surface area contributed by atoms with Crippen LogP contribution in [0.15, 0.2) is 52.9 Å². The van der Waals surface area contributed by atoms with Crippen LogP contribution >= 0.6 is 23.3 Å². The largest absolute Gasteiger partial charge is 0.497 e. The van der Waals surface area contributed by atoms with Gasteiger partial charge in [0.25, 0.3) is 0 Å². The molecule has 0 aliphatic carbocycles. The normalized spacial score (nSPS) is 10.4. The van der Waals surface area contributed by atoms with Crippen LogP contribution in [0.5, 0.6) is 5.75 Å². The summed E-state index contributed by atoms with van der Waals surface area (Å²) in [5.41, 5.74) is 2.16. The number of ketones is 1. The molecule has 2 aromatic carbocycles. The number of nitrogens with zero attached hydrogens (tertiary/aromatic N) is 2. The second-order valence-corrected chi connectivity index (χ2v) is 7.56. The van der Waals surface area contributed by atoms with Crippen molar-refractivity contribution in [3.8, 4) is 17.1 Å². The number of nitrogens with one attached hydrogen (secondary N) is 1.